The summed E-state index contributed by atoms with van der Waals surface area (Å²) < 4.78 is 18.3. The lowest BCUT2D eigenvalue weighted by Gasteiger charge is -2.18. The van der Waals surface area contributed by atoms with E-state index in [0.29, 0.717) is 40.2 Å². The van der Waals surface area contributed by atoms with Gasteiger partial charge in [0, 0.05) is 16.9 Å². The highest BCUT2D eigenvalue weighted by Gasteiger charge is 2.21. The molecule has 0 fully saturated rings. The van der Waals surface area contributed by atoms with E-state index in [4.69, 9.17) is 16.3 Å². The summed E-state index contributed by atoms with van der Waals surface area (Å²) in [7, 11) is -1.06. The van der Waals surface area contributed by atoms with Crippen molar-refractivity contribution in [3.8, 4) is 5.75 Å². The average Bonchev–Trinajstić information content (AvgIpc) is 2.88. The van der Waals surface area contributed by atoms with Crippen molar-refractivity contribution in [3.05, 3.63) is 63.3 Å². The highest BCUT2D eigenvalue weighted by Crippen LogP contribution is 2.39. The van der Waals surface area contributed by atoms with Gasteiger partial charge in [-0.3, -0.25) is 10.1 Å². The zero-order valence-electron chi connectivity index (χ0n) is 22.3. The number of aryl methyl sites for hydroxylation is 1. The molecule has 12 heteroatoms. The first-order valence-electron chi connectivity index (χ1n) is 12.4. The van der Waals surface area contributed by atoms with E-state index in [1.165, 1.54) is 19.4 Å². The van der Waals surface area contributed by atoms with Crippen LogP contribution in [0.4, 0.5) is 28.8 Å². The van der Waals surface area contributed by atoms with Crippen LogP contribution in [0.2, 0.25) is 5.02 Å². The summed E-state index contributed by atoms with van der Waals surface area (Å²) in [6.45, 7) is 10.3. The van der Waals surface area contributed by atoms with Crippen molar-refractivity contribution in [2.24, 2.45) is 0 Å². The quantitative estimate of drug-likeness (QED) is 0.146. The lowest BCUT2D eigenvalue weighted by molar-refractivity contribution is -0.385. The molecule has 0 unspecified atom stereocenters. The summed E-state index contributed by atoms with van der Waals surface area (Å²) in [5.74, 6) is 0.892. The number of nitro benzene ring substituents is 1. The van der Waals surface area contributed by atoms with Crippen LogP contribution in [0.25, 0.3) is 0 Å². The zero-order chi connectivity index (χ0) is 27.9. The van der Waals surface area contributed by atoms with E-state index in [1.807, 2.05) is 12.1 Å². The second-order valence-corrected chi connectivity index (χ2v) is 12.7. The Labute approximate surface area is 228 Å². The minimum absolute atomic E-state index is 0.00395. The molecule has 0 radical (unpaired) electrons. The Morgan fingerprint density at radius 3 is 2.47 bits per heavy atom. The first-order valence-corrected chi connectivity index (χ1v) is 15.3. The van der Waals surface area contributed by atoms with E-state index in [1.54, 1.807) is 31.5 Å². The Hall–Kier alpha value is -3.20. The van der Waals surface area contributed by atoms with E-state index >= 15 is 0 Å². The molecule has 10 nitrogen and oxygen atoms in total. The molecule has 1 aromatic heterocycles. The number of methoxy groups -OCH3 is 1. The number of ether oxygens (including phenoxy) is 1. The number of rotatable bonds is 13. The molecule has 0 saturated carbocycles. The third-order valence-electron chi connectivity index (χ3n) is 6.14. The summed E-state index contributed by atoms with van der Waals surface area (Å²) in [5.41, 5.74) is 1.57. The fourth-order valence-corrected chi connectivity index (χ4v) is 5.39. The van der Waals surface area contributed by atoms with Crippen molar-refractivity contribution in [2.75, 3.05) is 50.7 Å². The molecular formula is C26H34ClN6O4P. The van der Waals surface area contributed by atoms with E-state index in [0.717, 1.165) is 26.1 Å². The van der Waals surface area contributed by atoms with Gasteiger partial charge in [0.15, 0.2) is 5.82 Å². The number of aromatic nitrogens is 2. The third-order valence-corrected chi connectivity index (χ3v) is 7.97. The highest BCUT2D eigenvalue weighted by atomic mass is 35.5. The Bertz CT molecular complexity index is 1330. The first kappa shape index (κ1) is 29.4. The lowest BCUT2D eigenvalue weighted by Crippen LogP contribution is -2.24. The smallest absolute Gasteiger partial charge is 0.274 e. The Morgan fingerprint density at radius 1 is 1.13 bits per heavy atom. The van der Waals surface area contributed by atoms with Gasteiger partial charge < -0.3 is 24.8 Å². The SMILES string of the molecule is CCN(CC)CCCc1cc(OC)c(Nc2ncc(Cl)c(Nc3ccccc3P(C)(C)=O)n2)cc1[N+](=O)[O-]. The van der Waals surface area contributed by atoms with Crippen molar-refractivity contribution in [3.63, 3.8) is 0 Å². The first-order chi connectivity index (χ1) is 18.1. The molecule has 0 aliphatic carbocycles. The van der Waals surface area contributed by atoms with Crippen molar-refractivity contribution < 1.29 is 14.2 Å². The van der Waals surface area contributed by atoms with Gasteiger partial charge in [-0.15, -0.1) is 0 Å². The van der Waals surface area contributed by atoms with Crippen molar-refractivity contribution >= 4 is 52.9 Å². The molecule has 204 valence electrons. The Kier molecular flexibility index (Phi) is 10.1. The Morgan fingerprint density at radius 2 is 1.84 bits per heavy atom. The molecule has 2 aromatic carbocycles. The van der Waals surface area contributed by atoms with Gasteiger partial charge in [-0.05, 0) is 64.0 Å². The molecule has 0 spiro atoms. The molecule has 0 aliphatic rings. The van der Waals surface area contributed by atoms with Gasteiger partial charge in [-0.2, -0.15) is 4.98 Å². The highest BCUT2D eigenvalue weighted by molar-refractivity contribution is 7.70. The van der Waals surface area contributed by atoms with Gasteiger partial charge in [0.25, 0.3) is 5.69 Å². The third kappa shape index (κ3) is 7.43. The number of nitrogens with one attached hydrogen (secondary N) is 2. The minimum Gasteiger partial charge on any atom is -0.495 e. The number of nitro groups is 1. The number of halogens is 1. The summed E-state index contributed by atoms with van der Waals surface area (Å²) in [4.78, 5) is 22.5. The second kappa shape index (κ2) is 13.0. The van der Waals surface area contributed by atoms with Crippen LogP contribution in [0.3, 0.4) is 0 Å². The number of benzene rings is 2. The number of nitrogens with zero attached hydrogens (tertiary/aromatic N) is 4. The maximum absolute atomic E-state index is 12.7. The predicted molar refractivity (Wildman–Crippen MR) is 155 cm³/mol. The summed E-state index contributed by atoms with van der Waals surface area (Å²) in [5, 5.41) is 19.0. The van der Waals surface area contributed by atoms with Gasteiger partial charge >= 0.3 is 0 Å². The second-order valence-electron chi connectivity index (χ2n) is 9.08. The summed E-state index contributed by atoms with van der Waals surface area (Å²) in [6, 6.07) is 10.4. The number of para-hydroxylation sites is 1. The van der Waals surface area contributed by atoms with Gasteiger partial charge in [0.1, 0.15) is 17.9 Å². The number of hydrogen-bond acceptors (Lipinski definition) is 9. The molecule has 0 atom stereocenters. The van der Waals surface area contributed by atoms with Gasteiger partial charge in [0.2, 0.25) is 5.95 Å². The van der Waals surface area contributed by atoms with Crippen LogP contribution < -0.4 is 20.7 Å². The maximum Gasteiger partial charge on any atom is 0.274 e. The average molecular weight is 561 g/mol. The molecule has 3 rings (SSSR count). The largest absolute Gasteiger partial charge is 0.495 e. The van der Waals surface area contributed by atoms with Crippen molar-refractivity contribution in [2.45, 2.75) is 26.7 Å². The van der Waals surface area contributed by atoms with Crippen LogP contribution in [-0.2, 0) is 11.0 Å². The van der Waals surface area contributed by atoms with Crippen LogP contribution >= 0.6 is 18.7 Å². The zero-order valence-corrected chi connectivity index (χ0v) is 24.0. The summed E-state index contributed by atoms with van der Waals surface area (Å²) >= 11 is 6.35. The summed E-state index contributed by atoms with van der Waals surface area (Å²) in [6.07, 6.45) is 2.76. The molecule has 0 bridgehead atoms. The standard InChI is InChI=1S/C26H34ClN6O4P/c1-6-32(7-2)14-10-11-18-15-23(37-3)21(16-22(18)33(34)35)30-26-28-17-19(27)25(31-26)29-20-12-8-9-13-24(20)38(4,5)36/h8-9,12-13,15-17H,6-7,10-11,14H2,1-5H3,(H2,28,29,30,31). The Balaban J connectivity index is 1.89. The van der Waals surface area contributed by atoms with Crippen LogP contribution in [0.1, 0.15) is 25.8 Å². The monoisotopic (exact) mass is 560 g/mol. The van der Waals surface area contributed by atoms with E-state index < -0.39 is 12.1 Å². The van der Waals surface area contributed by atoms with E-state index in [-0.39, 0.29) is 16.7 Å². The van der Waals surface area contributed by atoms with Crippen molar-refractivity contribution in [1.82, 2.24) is 14.9 Å². The molecule has 3 aromatic rings. The van der Waals surface area contributed by atoms with Gasteiger partial charge in [0.05, 0.1) is 29.6 Å². The molecule has 0 aliphatic heterocycles. The van der Waals surface area contributed by atoms with Crippen LogP contribution in [0, 0.1) is 10.1 Å². The molecule has 2 N–H and O–H groups in total. The minimum atomic E-state index is -2.57. The molecular weight excluding hydrogens is 527 g/mol. The molecule has 1 heterocycles. The van der Waals surface area contributed by atoms with Crippen LogP contribution in [0.15, 0.2) is 42.6 Å². The lowest BCUT2D eigenvalue weighted by atomic mass is 10.1. The fourth-order valence-electron chi connectivity index (χ4n) is 4.09. The van der Waals surface area contributed by atoms with Crippen LogP contribution in [0.5, 0.6) is 5.75 Å². The normalized spacial score (nSPS) is 11.4. The van der Waals surface area contributed by atoms with Crippen molar-refractivity contribution in [1.29, 1.82) is 0 Å². The van der Waals surface area contributed by atoms with Gasteiger partial charge in [-0.1, -0.05) is 37.6 Å². The molecule has 38 heavy (non-hydrogen) atoms. The predicted octanol–water partition coefficient (Wildman–Crippen LogP) is 6.06. The van der Waals surface area contributed by atoms with E-state index in [9.17, 15) is 14.7 Å². The maximum atomic E-state index is 12.7. The topological polar surface area (TPSA) is 123 Å². The van der Waals surface area contributed by atoms with Gasteiger partial charge in [-0.25, -0.2) is 4.98 Å². The molecule has 0 amide bonds. The van der Waals surface area contributed by atoms with Crippen LogP contribution in [-0.4, -0.2) is 59.9 Å². The number of anilines is 4. The fraction of sp³-hybridized carbons (Fsp3) is 0.385. The van der Waals surface area contributed by atoms with E-state index in [2.05, 4.69) is 39.3 Å². The molecule has 0 saturated heterocycles. The number of hydrogen-bond donors (Lipinski definition) is 2.